The molecule has 0 fully saturated rings. The molecular weight excluding hydrogens is 260 g/mol. The molecule has 0 aromatic carbocycles. The molecule has 2 nitrogen and oxygen atoms in total. The molecule has 2 rings (SSSR count). The summed E-state index contributed by atoms with van der Waals surface area (Å²) in [6, 6.07) is 12.2. The van der Waals surface area contributed by atoms with Gasteiger partial charge in [-0.25, -0.2) is 0 Å². The van der Waals surface area contributed by atoms with Crippen molar-refractivity contribution in [1.82, 2.24) is 9.97 Å². The summed E-state index contributed by atoms with van der Waals surface area (Å²) >= 11 is 0. The van der Waals surface area contributed by atoms with Gasteiger partial charge in [-0.15, -0.1) is 0 Å². The molecule has 0 saturated carbocycles. The molecule has 2 aromatic heterocycles. The highest BCUT2D eigenvalue weighted by molar-refractivity contribution is 8.76. The summed E-state index contributed by atoms with van der Waals surface area (Å²) < 4.78 is 0. The summed E-state index contributed by atoms with van der Waals surface area (Å²) in [7, 11) is 3.83. The van der Waals surface area contributed by atoms with Crippen LogP contribution in [0.5, 0.6) is 0 Å². The van der Waals surface area contributed by atoms with Crippen LogP contribution in [0.3, 0.4) is 0 Å². The highest BCUT2D eigenvalue weighted by Crippen LogP contribution is 2.22. The monoisotopic (exact) mass is 276 g/mol. The quantitative estimate of drug-likeness (QED) is 0.569. The summed E-state index contributed by atoms with van der Waals surface area (Å²) in [5.74, 6) is 2.23. The van der Waals surface area contributed by atoms with Gasteiger partial charge < -0.3 is 0 Å². The fourth-order valence-corrected chi connectivity index (χ4v) is 3.53. The van der Waals surface area contributed by atoms with E-state index in [-0.39, 0.29) is 0 Å². The Morgan fingerprint density at radius 2 is 1.22 bits per heavy atom. The molecule has 0 unspecified atom stereocenters. The number of aromatic nitrogens is 2. The van der Waals surface area contributed by atoms with Gasteiger partial charge in [-0.2, -0.15) is 0 Å². The molecule has 94 valence electrons. The van der Waals surface area contributed by atoms with E-state index in [0.29, 0.717) is 0 Å². The van der Waals surface area contributed by atoms with Gasteiger partial charge in [0.15, 0.2) is 0 Å². The van der Waals surface area contributed by atoms with Crippen LogP contribution in [0.15, 0.2) is 48.8 Å². The molecule has 2 heterocycles. The third-order valence-electron chi connectivity index (χ3n) is 2.42. The van der Waals surface area contributed by atoms with Crippen LogP contribution in [0.1, 0.15) is 11.4 Å². The van der Waals surface area contributed by atoms with E-state index in [0.717, 1.165) is 24.3 Å². The fraction of sp³-hybridized carbons (Fsp3) is 0.286. The van der Waals surface area contributed by atoms with E-state index in [1.165, 1.54) is 11.4 Å². The Hall–Kier alpha value is -1.00. The molecule has 18 heavy (non-hydrogen) atoms. The Morgan fingerprint density at radius 1 is 0.722 bits per heavy atom. The van der Waals surface area contributed by atoms with Crippen LogP contribution in [0.25, 0.3) is 0 Å². The van der Waals surface area contributed by atoms with Crippen molar-refractivity contribution in [3.8, 4) is 0 Å². The first-order valence-corrected chi connectivity index (χ1v) is 8.48. The van der Waals surface area contributed by atoms with Crippen LogP contribution in [0.4, 0.5) is 0 Å². The van der Waals surface area contributed by atoms with Crippen molar-refractivity contribution in [1.29, 1.82) is 0 Å². The van der Waals surface area contributed by atoms with E-state index < -0.39 is 0 Å². The first kappa shape index (κ1) is 13.4. The normalized spacial score (nSPS) is 10.4. The van der Waals surface area contributed by atoms with Gasteiger partial charge in [-0.1, -0.05) is 33.7 Å². The average Bonchev–Trinajstić information content (AvgIpc) is 2.45. The molecular formula is C14H16N2S2. The minimum absolute atomic E-state index is 1.04. The minimum atomic E-state index is 1.04. The molecule has 0 atom stereocenters. The smallest absolute Gasteiger partial charge is 0.0412 e. The second kappa shape index (κ2) is 8.16. The standard InChI is InChI=1S/C14H16N2S2/c1-3-9-15-13(5-1)7-11-17-18-12-8-14-6-2-4-10-16-14/h1-6,9-10H,7-8,11-12H2. The van der Waals surface area contributed by atoms with Crippen molar-refractivity contribution < 1.29 is 0 Å². The van der Waals surface area contributed by atoms with Crippen molar-refractivity contribution in [2.75, 3.05) is 11.5 Å². The van der Waals surface area contributed by atoms with Crippen molar-refractivity contribution in [3.63, 3.8) is 0 Å². The lowest BCUT2D eigenvalue weighted by Gasteiger charge is -2.01. The second-order valence-corrected chi connectivity index (χ2v) is 6.49. The molecule has 4 heteroatoms. The van der Waals surface area contributed by atoms with E-state index in [1.807, 2.05) is 58.2 Å². The van der Waals surface area contributed by atoms with E-state index in [1.54, 1.807) is 0 Å². The predicted molar refractivity (Wildman–Crippen MR) is 80.8 cm³/mol. The molecule has 0 N–H and O–H groups in total. The molecule has 0 aliphatic rings. The van der Waals surface area contributed by atoms with Gasteiger partial charge in [0.1, 0.15) is 0 Å². The molecule has 2 aromatic rings. The van der Waals surface area contributed by atoms with Crippen LogP contribution in [-0.4, -0.2) is 21.5 Å². The number of rotatable bonds is 7. The van der Waals surface area contributed by atoms with Gasteiger partial charge in [0.25, 0.3) is 0 Å². The summed E-state index contributed by atoms with van der Waals surface area (Å²) in [6.07, 6.45) is 5.80. The third-order valence-corrected chi connectivity index (χ3v) is 4.83. The second-order valence-electron chi connectivity index (χ2n) is 3.79. The topological polar surface area (TPSA) is 25.8 Å². The van der Waals surface area contributed by atoms with Gasteiger partial charge in [0.2, 0.25) is 0 Å². The summed E-state index contributed by atoms with van der Waals surface area (Å²) in [5.41, 5.74) is 2.35. The molecule has 0 aliphatic carbocycles. The Morgan fingerprint density at radius 3 is 1.61 bits per heavy atom. The van der Waals surface area contributed by atoms with E-state index in [4.69, 9.17) is 0 Å². The average molecular weight is 276 g/mol. The Balaban J connectivity index is 1.54. The maximum atomic E-state index is 4.31. The minimum Gasteiger partial charge on any atom is -0.261 e. The number of pyridine rings is 2. The summed E-state index contributed by atoms with van der Waals surface area (Å²) in [5, 5.41) is 0. The lowest BCUT2D eigenvalue weighted by molar-refractivity contribution is 1.05. The Kier molecular flexibility index (Phi) is 6.09. The highest BCUT2D eigenvalue weighted by atomic mass is 33.1. The first-order chi connectivity index (χ1) is 8.95. The van der Waals surface area contributed by atoms with E-state index in [9.17, 15) is 0 Å². The molecule has 0 radical (unpaired) electrons. The van der Waals surface area contributed by atoms with Gasteiger partial charge >= 0.3 is 0 Å². The molecule has 0 amide bonds. The Bertz CT molecular complexity index is 391. The molecule has 0 bridgehead atoms. The van der Waals surface area contributed by atoms with E-state index >= 15 is 0 Å². The zero-order valence-electron chi connectivity index (χ0n) is 10.2. The van der Waals surface area contributed by atoms with Crippen LogP contribution >= 0.6 is 21.6 Å². The van der Waals surface area contributed by atoms with Gasteiger partial charge in [-0.05, 0) is 37.1 Å². The molecule has 0 spiro atoms. The molecule has 0 saturated heterocycles. The van der Waals surface area contributed by atoms with Gasteiger partial charge in [-0.3, -0.25) is 9.97 Å². The predicted octanol–water partition coefficient (Wildman–Crippen LogP) is 3.64. The number of aryl methyl sites for hydroxylation is 2. The van der Waals surface area contributed by atoms with Crippen LogP contribution < -0.4 is 0 Å². The largest absolute Gasteiger partial charge is 0.261 e. The summed E-state index contributed by atoms with van der Waals surface area (Å²) in [6.45, 7) is 0. The van der Waals surface area contributed by atoms with Crippen molar-refractivity contribution in [2.24, 2.45) is 0 Å². The lowest BCUT2D eigenvalue weighted by Crippen LogP contribution is -1.92. The zero-order valence-corrected chi connectivity index (χ0v) is 11.8. The van der Waals surface area contributed by atoms with Crippen LogP contribution in [0.2, 0.25) is 0 Å². The lowest BCUT2D eigenvalue weighted by atomic mass is 10.3. The van der Waals surface area contributed by atoms with Gasteiger partial charge in [0.05, 0.1) is 0 Å². The number of hydrogen-bond acceptors (Lipinski definition) is 4. The SMILES string of the molecule is c1ccc(CCSSCCc2ccccn2)nc1. The van der Waals surface area contributed by atoms with E-state index in [2.05, 4.69) is 22.1 Å². The highest BCUT2D eigenvalue weighted by Gasteiger charge is 1.96. The zero-order chi connectivity index (χ0) is 12.5. The van der Waals surface area contributed by atoms with Crippen molar-refractivity contribution >= 4 is 21.6 Å². The Labute approximate surface area is 116 Å². The summed E-state index contributed by atoms with van der Waals surface area (Å²) in [4.78, 5) is 8.62. The maximum Gasteiger partial charge on any atom is 0.0412 e. The van der Waals surface area contributed by atoms with Crippen LogP contribution in [0, 0.1) is 0 Å². The third kappa shape index (κ3) is 5.10. The molecule has 0 aliphatic heterocycles. The van der Waals surface area contributed by atoms with Crippen molar-refractivity contribution in [3.05, 3.63) is 60.2 Å². The van der Waals surface area contributed by atoms with Crippen LogP contribution in [-0.2, 0) is 12.8 Å². The maximum absolute atomic E-state index is 4.31. The van der Waals surface area contributed by atoms with Crippen molar-refractivity contribution in [2.45, 2.75) is 12.8 Å². The number of hydrogen-bond donors (Lipinski definition) is 0. The number of nitrogens with zero attached hydrogens (tertiary/aromatic N) is 2. The first-order valence-electron chi connectivity index (χ1n) is 5.99. The van der Waals surface area contributed by atoms with Gasteiger partial charge in [0, 0.05) is 35.3 Å². The fourth-order valence-electron chi connectivity index (χ4n) is 1.50.